The minimum atomic E-state index is 0. The van der Waals surface area contributed by atoms with Gasteiger partial charge in [0.2, 0.25) is 0 Å². The topological polar surface area (TPSA) is 24.3 Å². The van der Waals surface area contributed by atoms with Crippen LogP contribution in [0.15, 0.2) is 29.4 Å². The van der Waals surface area contributed by atoms with Gasteiger partial charge in [-0.05, 0) is 24.9 Å². The van der Waals surface area contributed by atoms with E-state index in [-0.39, 0.29) is 17.0 Å². The van der Waals surface area contributed by atoms with Crippen molar-refractivity contribution in [3.63, 3.8) is 0 Å². The maximum Gasteiger partial charge on any atom is 0.170 e. The Morgan fingerprint density at radius 1 is 1.14 bits per heavy atom. The summed E-state index contributed by atoms with van der Waals surface area (Å²) in [5.41, 5.74) is 2.36. The number of imidazole rings is 1. The van der Waals surface area contributed by atoms with Gasteiger partial charge in [-0.3, -0.25) is 4.90 Å². The van der Waals surface area contributed by atoms with Gasteiger partial charge >= 0.3 is 0 Å². The smallest absolute Gasteiger partial charge is 0.170 e. The van der Waals surface area contributed by atoms with Crippen LogP contribution in [0.5, 0.6) is 0 Å². The fourth-order valence-electron chi connectivity index (χ4n) is 2.62. The predicted octanol–water partition coefficient (Wildman–Crippen LogP) is -0.643. The zero-order valence-electron chi connectivity index (χ0n) is 12.6. The molecule has 0 aliphatic carbocycles. The maximum absolute atomic E-state index is 4.77. The summed E-state index contributed by atoms with van der Waals surface area (Å²) in [6, 6.07) is 8.45. The number of fused-ring (bicyclic) bond motifs is 1. The van der Waals surface area contributed by atoms with E-state index in [1.165, 1.54) is 5.52 Å². The van der Waals surface area contributed by atoms with Gasteiger partial charge in [-0.15, -0.1) is 0 Å². The summed E-state index contributed by atoms with van der Waals surface area (Å²) in [5, 5.41) is 1.15. The highest BCUT2D eigenvalue weighted by atomic mass is 79.9. The van der Waals surface area contributed by atoms with Gasteiger partial charge in [-0.2, -0.15) is 0 Å². The van der Waals surface area contributed by atoms with Gasteiger partial charge in [0.15, 0.2) is 5.16 Å². The fourth-order valence-corrected chi connectivity index (χ4v) is 3.35. The molecule has 0 spiro atoms. The summed E-state index contributed by atoms with van der Waals surface area (Å²) < 4.78 is 2.37. The van der Waals surface area contributed by atoms with E-state index in [0.29, 0.717) is 0 Å². The average molecular weight is 370 g/mol. The summed E-state index contributed by atoms with van der Waals surface area (Å²) in [5.74, 6) is 1.06. The van der Waals surface area contributed by atoms with E-state index in [1.54, 1.807) is 0 Å². The number of likely N-dealkylation sites (N-methyl/N-ethyl adjacent to an activating group) is 1. The van der Waals surface area contributed by atoms with Crippen LogP contribution < -0.4 is 17.0 Å². The average Bonchev–Trinajstić information content (AvgIpc) is 2.80. The number of rotatable bonds is 4. The van der Waals surface area contributed by atoms with Crippen LogP contribution in [0.3, 0.4) is 0 Å². The van der Waals surface area contributed by atoms with Crippen molar-refractivity contribution < 1.29 is 17.0 Å². The molecule has 1 aromatic carbocycles. The Balaban J connectivity index is 0.00000161. The molecule has 0 unspecified atom stereocenters. The molecule has 21 heavy (non-hydrogen) atoms. The fraction of sp³-hybridized carbons (Fsp3) is 0.533. The zero-order valence-corrected chi connectivity index (χ0v) is 15.0. The van der Waals surface area contributed by atoms with Crippen molar-refractivity contribution in [1.29, 1.82) is 0 Å². The Bertz CT molecular complexity index is 578. The third-order valence-corrected chi connectivity index (χ3v) is 4.69. The standard InChI is InChI=1S/C15H22N4S.BrH/c1-3-20-15-16-13-6-4-5-7-14(13)19(15)12-18-10-8-17(2)9-11-18;/h4-7H,3,8-12H2,1-2H3;1H/p-1. The second-order valence-electron chi connectivity index (χ2n) is 5.31. The molecule has 1 aromatic heterocycles. The van der Waals surface area contributed by atoms with Crippen molar-refractivity contribution in [2.75, 3.05) is 39.0 Å². The van der Waals surface area contributed by atoms with E-state index in [2.05, 4.69) is 52.6 Å². The Labute approximate surface area is 141 Å². The molecule has 1 fully saturated rings. The minimum absolute atomic E-state index is 0. The molecule has 4 nitrogen and oxygen atoms in total. The molecule has 1 aliphatic rings. The van der Waals surface area contributed by atoms with E-state index >= 15 is 0 Å². The molecule has 0 saturated carbocycles. The lowest BCUT2D eigenvalue weighted by Gasteiger charge is -2.32. The van der Waals surface area contributed by atoms with Crippen LogP contribution in [0.2, 0.25) is 0 Å². The zero-order chi connectivity index (χ0) is 13.9. The van der Waals surface area contributed by atoms with E-state index < -0.39 is 0 Å². The highest BCUT2D eigenvalue weighted by Gasteiger charge is 2.17. The molecule has 3 rings (SSSR count). The van der Waals surface area contributed by atoms with Gasteiger partial charge in [0.05, 0.1) is 17.7 Å². The monoisotopic (exact) mass is 369 g/mol. The van der Waals surface area contributed by atoms with Gasteiger partial charge < -0.3 is 26.4 Å². The summed E-state index contributed by atoms with van der Waals surface area (Å²) in [6.45, 7) is 7.73. The van der Waals surface area contributed by atoms with Crippen LogP contribution in [0.4, 0.5) is 0 Å². The first-order valence-corrected chi connectivity index (χ1v) is 8.25. The third kappa shape index (κ3) is 3.80. The van der Waals surface area contributed by atoms with E-state index in [4.69, 9.17) is 4.98 Å². The molecule has 0 bridgehead atoms. The lowest BCUT2D eigenvalue weighted by molar-refractivity contribution is -0.00000418. The molecule has 6 heteroatoms. The lowest BCUT2D eigenvalue weighted by Crippen LogP contribution is -3.00. The third-order valence-electron chi connectivity index (χ3n) is 3.83. The number of aromatic nitrogens is 2. The van der Waals surface area contributed by atoms with Gasteiger partial charge in [-0.25, -0.2) is 4.98 Å². The number of hydrogen-bond acceptors (Lipinski definition) is 4. The minimum Gasteiger partial charge on any atom is -1.00 e. The summed E-state index contributed by atoms with van der Waals surface area (Å²) >= 11 is 1.83. The Kier molecular flexibility index (Phi) is 6.10. The van der Waals surface area contributed by atoms with Gasteiger partial charge in [-0.1, -0.05) is 30.8 Å². The number of hydrogen-bond donors (Lipinski definition) is 0. The Hall–Kier alpha value is -0.560. The van der Waals surface area contributed by atoms with Crippen LogP contribution >= 0.6 is 11.8 Å². The Morgan fingerprint density at radius 2 is 1.86 bits per heavy atom. The summed E-state index contributed by atoms with van der Waals surface area (Å²) in [7, 11) is 2.20. The largest absolute Gasteiger partial charge is 1.00 e. The maximum atomic E-state index is 4.77. The number of benzene rings is 1. The van der Waals surface area contributed by atoms with Crippen molar-refractivity contribution in [2.24, 2.45) is 0 Å². The van der Waals surface area contributed by atoms with Gasteiger partial charge in [0, 0.05) is 26.2 Å². The summed E-state index contributed by atoms with van der Waals surface area (Å²) in [4.78, 5) is 9.69. The highest BCUT2D eigenvalue weighted by Crippen LogP contribution is 2.24. The molecule has 0 atom stereocenters. The SMILES string of the molecule is CCSc1nc2ccccc2n1CN1CCN(C)CC1.[Br-]. The highest BCUT2D eigenvalue weighted by molar-refractivity contribution is 7.99. The van der Waals surface area contributed by atoms with Crippen molar-refractivity contribution in [1.82, 2.24) is 19.4 Å². The molecule has 0 amide bonds. The Morgan fingerprint density at radius 3 is 2.57 bits per heavy atom. The van der Waals surface area contributed by atoms with Gasteiger partial charge in [0.1, 0.15) is 0 Å². The van der Waals surface area contributed by atoms with Crippen molar-refractivity contribution in [3.8, 4) is 0 Å². The molecular formula is C15H22BrN4S-. The molecule has 1 aliphatic heterocycles. The summed E-state index contributed by atoms with van der Waals surface area (Å²) in [6.07, 6.45) is 0. The van der Waals surface area contributed by atoms with Crippen LogP contribution in [0.1, 0.15) is 6.92 Å². The molecule has 0 radical (unpaired) electrons. The van der Waals surface area contributed by atoms with E-state index in [9.17, 15) is 0 Å². The molecule has 2 aromatic rings. The normalized spacial score (nSPS) is 17.0. The first-order chi connectivity index (χ1) is 9.78. The number of para-hydroxylation sites is 2. The molecule has 0 N–H and O–H groups in total. The van der Waals surface area contributed by atoms with Crippen molar-refractivity contribution >= 4 is 22.8 Å². The molecule has 2 heterocycles. The van der Waals surface area contributed by atoms with Crippen molar-refractivity contribution in [2.45, 2.75) is 18.7 Å². The first-order valence-electron chi connectivity index (χ1n) is 7.27. The van der Waals surface area contributed by atoms with Crippen LogP contribution in [0.25, 0.3) is 11.0 Å². The van der Waals surface area contributed by atoms with Crippen LogP contribution in [0, 0.1) is 0 Å². The van der Waals surface area contributed by atoms with E-state index in [0.717, 1.165) is 49.3 Å². The quantitative estimate of drug-likeness (QED) is 0.669. The van der Waals surface area contributed by atoms with Crippen LogP contribution in [-0.2, 0) is 6.67 Å². The van der Waals surface area contributed by atoms with E-state index in [1.807, 2.05) is 11.8 Å². The molecular weight excluding hydrogens is 348 g/mol. The first kappa shape index (κ1) is 16.8. The van der Waals surface area contributed by atoms with Gasteiger partial charge in [0.25, 0.3) is 0 Å². The predicted molar refractivity (Wildman–Crippen MR) is 85.2 cm³/mol. The second-order valence-corrected chi connectivity index (χ2v) is 6.54. The van der Waals surface area contributed by atoms with Crippen LogP contribution in [-0.4, -0.2) is 58.3 Å². The number of nitrogens with zero attached hydrogens (tertiary/aromatic N) is 4. The number of thioether (sulfide) groups is 1. The van der Waals surface area contributed by atoms with Crippen molar-refractivity contribution in [3.05, 3.63) is 24.3 Å². The second kappa shape index (κ2) is 7.63. The molecule has 1 saturated heterocycles. The lowest BCUT2D eigenvalue weighted by atomic mass is 10.3. The number of halogens is 1. The molecule has 116 valence electrons. The number of piperazine rings is 1.